The van der Waals surface area contributed by atoms with Gasteiger partial charge in [0, 0.05) is 53.1 Å². The van der Waals surface area contributed by atoms with E-state index in [0.717, 1.165) is 0 Å². The Kier molecular flexibility index (Phi) is 5.19. The lowest BCUT2D eigenvalue weighted by Gasteiger charge is -2.12. The highest BCUT2D eigenvalue weighted by Gasteiger charge is 2.26. The van der Waals surface area contributed by atoms with Gasteiger partial charge in [0.25, 0.3) is 0 Å². The summed E-state index contributed by atoms with van der Waals surface area (Å²) in [5.74, 6) is 0. The monoisotopic (exact) mass is 590 g/mol. The number of rotatable bonds is 3. The molecule has 0 bridgehead atoms. The van der Waals surface area contributed by atoms with Crippen molar-refractivity contribution in [3.63, 3.8) is 0 Å². The van der Waals surface area contributed by atoms with E-state index in [9.17, 15) is 0 Å². The van der Waals surface area contributed by atoms with Crippen molar-refractivity contribution in [3.8, 4) is 22.5 Å². The van der Waals surface area contributed by atoms with Crippen LogP contribution in [0, 0.1) is 0 Å². The van der Waals surface area contributed by atoms with Crippen molar-refractivity contribution >= 4 is 75.1 Å². The minimum atomic E-state index is 1.17. The second kappa shape index (κ2) is 9.43. The third kappa shape index (κ3) is 3.44. The lowest BCUT2D eigenvalue weighted by Crippen LogP contribution is -1.96. The number of aromatic nitrogens is 2. The van der Waals surface area contributed by atoms with Crippen LogP contribution in [0.3, 0.4) is 0 Å². The van der Waals surface area contributed by atoms with Gasteiger partial charge in [0.05, 0.1) is 22.1 Å². The predicted octanol–water partition coefficient (Wildman–Crippen LogP) is 11.9. The molecule has 0 amide bonds. The number of para-hydroxylation sites is 3. The van der Waals surface area contributed by atoms with Crippen LogP contribution in [-0.2, 0) is 0 Å². The molecule has 0 N–H and O–H groups in total. The lowest BCUT2D eigenvalue weighted by atomic mass is 10.0. The van der Waals surface area contributed by atoms with Crippen molar-refractivity contribution in [3.05, 3.63) is 158 Å². The predicted molar refractivity (Wildman–Crippen MR) is 193 cm³/mol. The van der Waals surface area contributed by atoms with Gasteiger partial charge in [-0.25, -0.2) is 0 Å². The first-order valence-electron chi connectivity index (χ1n) is 15.4. The Morgan fingerprint density at radius 1 is 0.356 bits per heavy atom. The van der Waals surface area contributed by atoms with Crippen LogP contribution in [0.25, 0.3) is 86.3 Å². The van der Waals surface area contributed by atoms with E-state index in [0.29, 0.717) is 0 Å². The Labute approximate surface area is 263 Å². The van der Waals surface area contributed by atoms with Crippen molar-refractivity contribution in [2.24, 2.45) is 0 Å². The fourth-order valence-electron chi connectivity index (χ4n) is 7.43. The van der Waals surface area contributed by atoms with Crippen LogP contribution in [0.15, 0.2) is 158 Å². The van der Waals surface area contributed by atoms with Crippen LogP contribution >= 0.6 is 11.3 Å². The van der Waals surface area contributed by atoms with E-state index >= 15 is 0 Å². The molecule has 10 rings (SSSR count). The smallest absolute Gasteiger partial charge is 0.0656 e. The highest BCUT2D eigenvalue weighted by Crippen LogP contribution is 2.51. The summed E-state index contributed by atoms with van der Waals surface area (Å²) in [6, 6.07) is 57.3. The van der Waals surface area contributed by atoms with E-state index in [1.165, 1.54) is 86.3 Å². The second-order valence-corrected chi connectivity index (χ2v) is 12.8. The minimum absolute atomic E-state index is 1.17. The van der Waals surface area contributed by atoms with Gasteiger partial charge in [-0.15, -0.1) is 11.3 Å². The zero-order valence-electron chi connectivity index (χ0n) is 24.3. The first-order valence-corrected chi connectivity index (χ1v) is 16.2. The number of thiophene rings is 1. The molecule has 10 aromatic rings. The molecule has 7 aromatic carbocycles. The topological polar surface area (TPSA) is 9.86 Å². The normalized spacial score (nSPS) is 12.0. The van der Waals surface area contributed by atoms with Gasteiger partial charge in [-0.2, -0.15) is 0 Å². The summed E-state index contributed by atoms with van der Waals surface area (Å²) in [7, 11) is 0. The van der Waals surface area contributed by atoms with Gasteiger partial charge in [0.15, 0.2) is 0 Å². The molecule has 45 heavy (non-hydrogen) atoms. The molecule has 0 aliphatic rings. The van der Waals surface area contributed by atoms with E-state index in [4.69, 9.17) is 0 Å². The Bertz CT molecular complexity index is 2730. The summed E-state index contributed by atoms with van der Waals surface area (Å²) < 4.78 is 7.66. The van der Waals surface area contributed by atoms with Gasteiger partial charge < -0.3 is 9.13 Å². The molecule has 0 unspecified atom stereocenters. The van der Waals surface area contributed by atoms with E-state index < -0.39 is 0 Å². The molecular weight excluding hydrogens is 565 g/mol. The first kappa shape index (κ1) is 24.8. The minimum Gasteiger partial charge on any atom is -0.308 e. The summed E-state index contributed by atoms with van der Waals surface area (Å²) in [5.41, 5.74) is 9.77. The van der Waals surface area contributed by atoms with Crippen LogP contribution in [-0.4, -0.2) is 9.13 Å². The number of nitrogens with zero attached hydrogens (tertiary/aromatic N) is 2. The fourth-order valence-corrected chi connectivity index (χ4v) is 8.69. The maximum absolute atomic E-state index is 2.51. The highest BCUT2D eigenvalue weighted by atomic mass is 32.1. The Balaban J connectivity index is 1.46. The average molecular weight is 591 g/mol. The lowest BCUT2D eigenvalue weighted by molar-refractivity contribution is 1.18. The molecule has 0 atom stereocenters. The van der Waals surface area contributed by atoms with Crippen molar-refractivity contribution in [2.75, 3.05) is 0 Å². The Morgan fingerprint density at radius 3 is 1.49 bits per heavy atom. The quantitative estimate of drug-likeness (QED) is 0.194. The molecule has 210 valence electrons. The van der Waals surface area contributed by atoms with Gasteiger partial charge in [0.1, 0.15) is 0 Å². The van der Waals surface area contributed by atoms with E-state index in [1.54, 1.807) is 0 Å². The Hall–Kier alpha value is -5.64. The molecule has 0 spiro atoms. The summed E-state index contributed by atoms with van der Waals surface area (Å²) in [6.07, 6.45) is 0. The van der Waals surface area contributed by atoms with Crippen molar-refractivity contribution < 1.29 is 0 Å². The van der Waals surface area contributed by atoms with Crippen molar-refractivity contribution in [2.45, 2.75) is 0 Å². The van der Waals surface area contributed by atoms with Crippen LogP contribution in [0.2, 0.25) is 0 Å². The van der Waals surface area contributed by atoms with Crippen molar-refractivity contribution in [1.82, 2.24) is 9.13 Å². The van der Waals surface area contributed by atoms with Gasteiger partial charge in [-0.05, 0) is 53.6 Å². The molecule has 0 saturated carbocycles. The van der Waals surface area contributed by atoms with Gasteiger partial charge >= 0.3 is 0 Å². The average Bonchev–Trinajstić information content (AvgIpc) is 3.77. The zero-order chi connectivity index (χ0) is 29.5. The SMILES string of the molecule is c1ccc(-c2ccc(-n3c4ccccc4c4c5c(c6ccccc6n5-c5ccccc5)c5sc6ccccc6c5c43)cc2)cc1. The van der Waals surface area contributed by atoms with E-state index in [-0.39, 0.29) is 0 Å². The van der Waals surface area contributed by atoms with E-state index in [2.05, 4.69) is 167 Å². The summed E-state index contributed by atoms with van der Waals surface area (Å²) >= 11 is 1.92. The number of fused-ring (bicyclic) bond motifs is 12. The molecule has 0 fully saturated rings. The van der Waals surface area contributed by atoms with Gasteiger partial charge in [0.2, 0.25) is 0 Å². The Morgan fingerprint density at radius 2 is 0.822 bits per heavy atom. The number of hydrogen-bond donors (Lipinski definition) is 0. The molecule has 3 heterocycles. The molecule has 0 aliphatic heterocycles. The summed E-state index contributed by atoms with van der Waals surface area (Å²) in [4.78, 5) is 0. The number of hydrogen-bond acceptors (Lipinski definition) is 1. The van der Waals surface area contributed by atoms with Gasteiger partial charge in [-0.1, -0.05) is 115 Å². The molecule has 3 heteroatoms. The molecule has 0 aliphatic carbocycles. The van der Waals surface area contributed by atoms with Gasteiger partial charge in [-0.3, -0.25) is 0 Å². The van der Waals surface area contributed by atoms with Crippen LogP contribution < -0.4 is 0 Å². The van der Waals surface area contributed by atoms with Crippen LogP contribution in [0.4, 0.5) is 0 Å². The molecule has 0 radical (unpaired) electrons. The maximum atomic E-state index is 2.51. The number of benzene rings is 7. The standard InChI is InChI=1S/C42H26N2S/c1-3-13-27(14-4-1)28-23-25-30(26-24-28)44-34-20-10-7-17-31(34)37-40-38(42-39(41(37)44)33-19-9-12-22-36(33)45-42)32-18-8-11-21-35(32)43(40)29-15-5-2-6-16-29/h1-26H. The summed E-state index contributed by atoms with van der Waals surface area (Å²) in [6.45, 7) is 0. The molecule has 0 saturated heterocycles. The largest absolute Gasteiger partial charge is 0.308 e. The zero-order valence-corrected chi connectivity index (χ0v) is 25.1. The molecular formula is C42H26N2S. The third-order valence-corrected chi connectivity index (χ3v) is 10.5. The van der Waals surface area contributed by atoms with Crippen molar-refractivity contribution in [1.29, 1.82) is 0 Å². The highest BCUT2D eigenvalue weighted by molar-refractivity contribution is 7.27. The third-order valence-electron chi connectivity index (χ3n) is 9.29. The summed E-state index contributed by atoms with van der Waals surface area (Å²) in [5, 5.41) is 7.83. The second-order valence-electron chi connectivity index (χ2n) is 11.7. The molecule has 2 nitrogen and oxygen atoms in total. The first-order chi connectivity index (χ1) is 22.4. The van der Waals surface area contributed by atoms with E-state index in [1.807, 2.05) is 11.3 Å². The molecule has 3 aromatic heterocycles. The van der Waals surface area contributed by atoms with Crippen LogP contribution in [0.5, 0.6) is 0 Å². The maximum Gasteiger partial charge on any atom is 0.0656 e. The fraction of sp³-hybridized carbons (Fsp3) is 0. The van der Waals surface area contributed by atoms with Crippen LogP contribution in [0.1, 0.15) is 0 Å².